The van der Waals surface area contributed by atoms with Crippen molar-refractivity contribution in [2.24, 2.45) is 4.99 Å². The van der Waals surface area contributed by atoms with Crippen molar-refractivity contribution >= 4 is 39.1 Å². The average molecular weight is 335 g/mol. The van der Waals surface area contributed by atoms with Crippen molar-refractivity contribution in [3.8, 4) is 0 Å². The van der Waals surface area contributed by atoms with Crippen LogP contribution in [0.3, 0.4) is 0 Å². The number of hydrogen-bond donors (Lipinski definition) is 1. The Morgan fingerprint density at radius 3 is 2.78 bits per heavy atom. The summed E-state index contributed by atoms with van der Waals surface area (Å²) in [6.07, 6.45) is 0.372. The molecule has 0 radical (unpaired) electrons. The molecule has 0 fully saturated rings. The van der Waals surface area contributed by atoms with E-state index in [1.165, 1.54) is 18.3 Å². The van der Waals surface area contributed by atoms with E-state index in [-0.39, 0.29) is 11.8 Å². The summed E-state index contributed by atoms with van der Waals surface area (Å²) in [5.74, 6) is -0.264. The van der Waals surface area contributed by atoms with Crippen LogP contribution in [0.5, 0.6) is 0 Å². The summed E-state index contributed by atoms with van der Waals surface area (Å²) in [7, 11) is 0. The molecule has 1 aromatic heterocycles. The number of benzene rings is 1. The molecule has 1 heterocycles. The smallest absolute Gasteiger partial charge is 0.248 e. The van der Waals surface area contributed by atoms with Gasteiger partial charge < -0.3 is 14.6 Å². The van der Waals surface area contributed by atoms with Gasteiger partial charge in [0.15, 0.2) is 4.80 Å². The minimum atomic E-state index is -0.149. The highest BCUT2D eigenvalue weighted by molar-refractivity contribution is 7.16. The molecule has 1 N–H and O–H groups in total. The van der Waals surface area contributed by atoms with Crippen LogP contribution in [0.25, 0.3) is 10.2 Å². The van der Waals surface area contributed by atoms with E-state index in [0.29, 0.717) is 31.0 Å². The van der Waals surface area contributed by atoms with Crippen LogP contribution >= 0.6 is 11.3 Å². The van der Waals surface area contributed by atoms with Crippen LogP contribution < -0.4 is 10.1 Å². The van der Waals surface area contributed by atoms with Gasteiger partial charge in [-0.1, -0.05) is 18.3 Å². The summed E-state index contributed by atoms with van der Waals surface area (Å²) in [6.45, 7) is 7.05. The van der Waals surface area contributed by atoms with Crippen LogP contribution in [-0.4, -0.2) is 29.6 Å². The Balaban J connectivity index is 2.48. The second-order valence-corrected chi connectivity index (χ2v) is 5.97. The molecule has 0 saturated carbocycles. The van der Waals surface area contributed by atoms with Crippen LogP contribution in [0, 0.1) is 0 Å². The summed E-state index contributed by atoms with van der Waals surface area (Å²) < 4.78 is 8.37. The van der Waals surface area contributed by atoms with Crippen molar-refractivity contribution in [2.45, 2.75) is 33.7 Å². The molecule has 1 aromatic carbocycles. The zero-order valence-electron chi connectivity index (χ0n) is 13.6. The number of hydrogen-bond acceptors (Lipinski definition) is 4. The van der Waals surface area contributed by atoms with Crippen molar-refractivity contribution in [1.29, 1.82) is 0 Å². The Morgan fingerprint density at radius 2 is 2.13 bits per heavy atom. The molecule has 2 rings (SSSR count). The lowest BCUT2D eigenvalue weighted by atomic mass is 10.3. The number of amides is 2. The standard InChI is InChI=1S/C16H21N3O3S/c1-4-15(21)18-16-19(8-9-22-5-2)13-7-6-12(17-11(3)20)10-14(13)23-16/h6-7,10H,4-5,8-9H2,1-3H3,(H,17,20). The minimum Gasteiger partial charge on any atom is -0.380 e. The molecule has 0 saturated heterocycles. The fourth-order valence-corrected chi connectivity index (χ4v) is 3.25. The van der Waals surface area contributed by atoms with Gasteiger partial charge in [0, 0.05) is 32.2 Å². The molecular formula is C16H21N3O3S. The number of nitrogens with one attached hydrogen (secondary N) is 1. The third-order valence-corrected chi connectivity index (χ3v) is 4.23. The number of fused-ring (bicyclic) bond motifs is 1. The van der Waals surface area contributed by atoms with Crippen molar-refractivity contribution in [2.75, 3.05) is 18.5 Å². The molecule has 0 spiro atoms. The van der Waals surface area contributed by atoms with Gasteiger partial charge in [-0.05, 0) is 25.1 Å². The highest BCUT2D eigenvalue weighted by Crippen LogP contribution is 2.22. The SMILES string of the molecule is CCOCCn1c(=NC(=O)CC)sc2cc(NC(C)=O)ccc21. The topological polar surface area (TPSA) is 72.7 Å². The zero-order valence-corrected chi connectivity index (χ0v) is 14.4. The Kier molecular flexibility index (Phi) is 6.06. The Morgan fingerprint density at radius 1 is 1.35 bits per heavy atom. The maximum absolute atomic E-state index is 11.7. The second kappa shape index (κ2) is 8.03. The van der Waals surface area contributed by atoms with Crippen LogP contribution in [0.15, 0.2) is 23.2 Å². The molecule has 0 aliphatic rings. The number of ether oxygens (including phenoxy) is 1. The van der Waals surface area contributed by atoms with E-state index in [0.717, 1.165) is 15.9 Å². The Bertz CT molecular complexity index is 776. The van der Waals surface area contributed by atoms with Gasteiger partial charge in [0.1, 0.15) is 0 Å². The summed E-state index contributed by atoms with van der Waals surface area (Å²) in [5.41, 5.74) is 1.71. The van der Waals surface area contributed by atoms with E-state index in [4.69, 9.17) is 4.74 Å². The van der Waals surface area contributed by atoms with E-state index in [1.54, 1.807) is 6.92 Å². The second-order valence-electron chi connectivity index (χ2n) is 4.96. The lowest BCUT2D eigenvalue weighted by Gasteiger charge is -2.06. The van der Waals surface area contributed by atoms with Crippen molar-refractivity contribution in [3.05, 3.63) is 23.0 Å². The molecule has 0 atom stereocenters. The van der Waals surface area contributed by atoms with Gasteiger partial charge in [-0.3, -0.25) is 9.59 Å². The third kappa shape index (κ3) is 4.49. The average Bonchev–Trinajstić information content (AvgIpc) is 2.83. The molecule has 2 aromatic rings. The van der Waals surface area contributed by atoms with Crippen LogP contribution in [0.2, 0.25) is 0 Å². The molecule has 0 aliphatic carbocycles. The normalized spacial score (nSPS) is 11.9. The molecular weight excluding hydrogens is 314 g/mol. The van der Waals surface area contributed by atoms with Crippen molar-refractivity contribution in [3.63, 3.8) is 0 Å². The van der Waals surface area contributed by atoms with Gasteiger partial charge in [0.2, 0.25) is 11.8 Å². The number of anilines is 1. The summed E-state index contributed by atoms with van der Waals surface area (Å²) in [5, 5.41) is 2.77. The Hall–Kier alpha value is -1.99. The maximum atomic E-state index is 11.7. The van der Waals surface area contributed by atoms with Crippen LogP contribution in [0.1, 0.15) is 27.2 Å². The number of nitrogens with zero attached hydrogens (tertiary/aromatic N) is 2. The summed E-state index contributed by atoms with van der Waals surface area (Å²) in [4.78, 5) is 27.7. The highest BCUT2D eigenvalue weighted by atomic mass is 32.1. The molecule has 0 bridgehead atoms. The van der Waals surface area contributed by atoms with Crippen LogP contribution in [-0.2, 0) is 20.9 Å². The lowest BCUT2D eigenvalue weighted by Crippen LogP contribution is -2.19. The van der Waals surface area contributed by atoms with E-state index in [9.17, 15) is 9.59 Å². The number of carbonyl (C=O) groups excluding carboxylic acids is 2. The fourth-order valence-electron chi connectivity index (χ4n) is 2.14. The van der Waals surface area contributed by atoms with Gasteiger partial charge in [-0.15, -0.1) is 0 Å². The van der Waals surface area contributed by atoms with E-state index < -0.39 is 0 Å². The first-order chi connectivity index (χ1) is 11.0. The Labute approximate surface area is 138 Å². The highest BCUT2D eigenvalue weighted by Gasteiger charge is 2.09. The molecule has 124 valence electrons. The predicted octanol–water partition coefficient (Wildman–Crippen LogP) is 2.54. The summed E-state index contributed by atoms with van der Waals surface area (Å²) >= 11 is 1.44. The zero-order chi connectivity index (χ0) is 16.8. The predicted molar refractivity (Wildman–Crippen MR) is 91.5 cm³/mol. The first-order valence-electron chi connectivity index (χ1n) is 7.61. The van der Waals surface area contributed by atoms with Crippen LogP contribution in [0.4, 0.5) is 5.69 Å². The monoisotopic (exact) mass is 335 g/mol. The van der Waals surface area contributed by atoms with Crippen molar-refractivity contribution in [1.82, 2.24) is 4.57 Å². The van der Waals surface area contributed by atoms with E-state index in [2.05, 4.69) is 10.3 Å². The van der Waals surface area contributed by atoms with Gasteiger partial charge in [0.25, 0.3) is 0 Å². The van der Waals surface area contributed by atoms with Gasteiger partial charge in [0.05, 0.1) is 16.8 Å². The molecule has 7 heteroatoms. The maximum Gasteiger partial charge on any atom is 0.248 e. The van der Waals surface area contributed by atoms with E-state index in [1.807, 2.05) is 29.7 Å². The fraction of sp³-hybridized carbons (Fsp3) is 0.438. The quantitative estimate of drug-likeness (QED) is 0.825. The van der Waals surface area contributed by atoms with Gasteiger partial charge >= 0.3 is 0 Å². The minimum absolute atomic E-state index is 0.115. The van der Waals surface area contributed by atoms with E-state index >= 15 is 0 Å². The number of aromatic nitrogens is 1. The first kappa shape index (κ1) is 17.4. The summed E-state index contributed by atoms with van der Waals surface area (Å²) in [6, 6.07) is 5.67. The van der Waals surface area contributed by atoms with Crippen molar-refractivity contribution < 1.29 is 14.3 Å². The number of thiazole rings is 1. The number of rotatable bonds is 6. The lowest BCUT2D eigenvalue weighted by molar-refractivity contribution is -0.117. The first-order valence-corrected chi connectivity index (χ1v) is 8.43. The molecule has 6 nitrogen and oxygen atoms in total. The van der Waals surface area contributed by atoms with Gasteiger partial charge in [-0.2, -0.15) is 4.99 Å². The molecule has 2 amide bonds. The molecule has 0 unspecified atom stereocenters. The van der Waals surface area contributed by atoms with Gasteiger partial charge in [-0.25, -0.2) is 0 Å². The molecule has 0 aliphatic heterocycles. The third-order valence-electron chi connectivity index (χ3n) is 3.19. The molecule has 23 heavy (non-hydrogen) atoms. The largest absolute Gasteiger partial charge is 0.380 e. The number of carbonyl (C=O) groups is 2.